The van der Waals surface area contributed by atoms with E-state index in [1.807, 2.05) is 11.8 Å². The molecule has 102 valence electrons. The molecule has 5 nitrogen and oxygen atoms in total. The Labute approximate surface area is 113 Å². The first-order chi connectivity index (χ1) is 8.72. The van der Waals surface area contributed by atoms with Crippen molar-refractivity contribution < 1.29 is 4.74 Å². The molecular formula is C12H22N4OS. The number of methoxy groups -OCH3 is 1. The van der Waals surface area contributed by atoms with Gasteiger partial charge in [0.15, 0.2) is 11.6 Å². The number of anilines is 2. The smallest absolute Gasteiger partial charge is 0.204 e. The normalized spacial score (nSPS) is 12.0. The van der Waals surface area contributed by atoms with Crippen molar-refractivity contribution in [1.82, 2.24) is 9.97 Å². The van der Waals surface area contributed by atoms with Gasteiger partial charge in [0, 0.05) is 18.3 Å². The average molecular weight is 270 g/mol. The largest absolute Gasteiger partial charge is 0.490 e. The van der Waals surface area contributed by atoms with E-state index >= 15 is 0 Å². The molecule has 0 aliphatic rings. The van der Waals surface area contributed by atoms with Gasteiger partial charge in [-0.2, -0.15) is 11.8 Å². The molecule has 0 aliphatic carbocycles. The quantitative estimate of drug-likeness (QED) is 0.757. The van der Waals surface area contributed by atoms with E-state index < -0.39 is 0 Å². The highest BCUT2D eigenvalue weighted by Gasteiger charge is 2.12. The zero-order valence-corrected chi connectivity index (χ0v) is 12.3. The molecule has 0 amide bonds. The average Bonchev–Trinajstić information content (AvgIpc) is 2.42. The SMILES string of the molecule is CCCNc1ncnc(NCC(C)SC)c1OC. The Morgan fingerprint density at radius 2 is 2.00 bits per heavy atom. The van der Waals surface area contributed by atoms with Crippen LogP contribution >= 0.6 is 11.8 Å². The van der Waals surface area contributed by atoms with E-state index in [1.54, 1.807) is 13.4 Å². The summed E-state index contributed by atoms with van der Waals surface area (Å²) < 4.78 is 5.38. The third-order valence-electron chi connectivity index (χ3n) is 2.51. The molecule has 0 fully saturated rings. The van der Waals surface area contributed by atoms with Crippen LogP contribution in [0.3, 0.4) is 0 Å². The van der Waals surface area contributed by atoms with E-state index in [0.717, 1.165) is 31.1 Å². The van der Waals surface area contributed by atoms with Crippen LogP contribution in [0, 0.1) is 0 Å². The summed E-state index contributed by atoms with van der Waals surface area (Å²) in [5.74, 6) is 2.17. The molecule has 0 aliphatic heterocycles. The summed E-state index contributed by atoms with van der Waals surface area (Å²) >= 11 is 1.81. The second-order valence-corrected chi connectivity index (χ2v) is 5.23. The van der Waals surface area contributed by atoms with E-state index in [4.69, 9.17) is 4.74 Å². The highest BCUT2D eigenvalue weighted by Crippen LogP contribution is 2.28. The fourth-order valence-electron chi connectivity index (χ4n) is 1.39. The summed E-state index contributed by atoms with van der Waals surface area (Å²) in [6.07, 6.45) is 4.68. The highest BCUT2D eigenvalue weighted by atomic mass is 32.2. The second kappa shape index (κ2) is 8.02. The van der Waals surface area contributed by atoms with Gasteiger partial charge in [0.05, 0.1) is 7.11 Å². The molecular weight excluding hydrogens is 248 g/mol. The van der Waals surface area contributed by atoms with Crippen LogP contribution in [0.15, 0.2) is 6.33 Å². The fraction of sp³-hybridized carbons (Fsp3) is 0.667. The van der Waals surface area contributed by atoms with Crippen LogP contribution in [0.2, 0.25) is 0 Å². The Kier molecular flexibility index (Phi) is 6.64. The third kappa shape index (κ3) is 4.25. The Morgan fingerprint density at radius 3 is 2.56 bits per heavy atom. The van der Waals surface area contributed by atoms with E-state index in [2.05, 4.69) is 40.7 Å². The van der Waals surface area contributed by atoms with Gasteiger partial charge >= 0.3 is 0 Å². The first kappa shape index (κ1) is 14.9. The van der Waals surface area contributed by atoms with Gasteiger partial charge in [0.2, 0.25) is 5.75 Å². The topological polar surface area (TPSA) is 59.1 Å². The molecule has 1 aromatic rings. The van der Waals surface area contributed by atoms with Gasteiger partial charge in [-0.3, -0.25) is 0 Å². The van der Waals surface area contributed by atoms with Gasteiger partial charge in [-0.15, -0.1) is 0 Å². The van der Waals surface area contributed by atoms with Crippen LogP contribution in [-0.4, -0.2) is 41.7 Å². The summed E-state index contributed by atoms with van der Waals surface area (Å²) in [6.45, 7) is 6.00. The van der Waals surface area contributed by atoms with Crippen molar-refractivity contribution in [3.63, 3.8) is 0 Å². The van der Waals surface area contributed by atoms with Crippen molar-refractivity contribution in [2.75, 3.05) is 37.1 Å². The molecule has 0 aromatic carbocycles. The van der Waals surface area contributed by atoms with E-state index in [1.165, 1.54) is 0 Å². The van der Waals surface area contributed by atoms with E-state index in [0.29, 0.717) is 11.0 Å². The molecule has 1 rings (SSSR count). The molecule has 1 atom stereocenters. The van der Waals surface area contributed by atoms with E-state index in [-0.39, 0.29) is 0 Å². The summed E-state index contributed by atoms with van der Waals surface area (Å²) in [7, 11) is 1.64. The van der Waals surface area contributed by atoms with Crippen LogP contribution in [0.5, 0.6) is 5.75 Å². The van der Waals surface area contributed by atoms with Gasteiger partial charge in [-0.05, 0) is 12.7 Å². The number of hydrogen-bond donors (Lipinski definition) is 2. The molecule has 0 saturated heterocycles. The maximum atomic E-state index is 5.38. The standard InChI is InChI=1S/C12H22N4OS/c1-5-6-13-11-10(17-3)12(16-8-15-11)14-7-9(2)18-4/h8-9H,5-7H2,1-4H3,(H2,13,14,15,16). The maximum absolute atomic E-state index is 5.38. The zero-order chi connectivity index (χ0) is 13.4. The zero-order valence-electron chi connectivity index (χ0n) is 11.5. The Bertz CT molecular complexity index is 362. The van der Waals surface area contributed by atoms with Gasteiger partial charge in [-0.25, -0.2) is 9.97 Å². The predicted molar refractivity (Wildman–Crippen MR) is 78.8 cm³/mol. The predicted octanol–water partition coefficient (Wildman–Crippen LogP) is 2.47. The van der Waals surface area contributed by atoms with Crippen molar-refractivity contribution in [2.45, 2.75) is 25.5 Å². The summed E-state index contributed by atoms with van der Waals surface area (Å²) in [4.78, 5) is 8.43. The third-order valence-corrected chi connectivity index (χ3v) is 3.48. The number of nitrogens with zero attached hydrogens (tertiary/aromatic N) is 2. The monoisotopic (exact) mass is 270 g/mol. The lowest BCUT2D eigenvalue weighted by Crippen LogP contribution is -2.15. The van der Waals surface area contributed by atoms with Crippen molar-refractivity contribution in [2.24, 2.45) is 0 Å². The van der Waals surface area contributed by atoms with Crippen LogP contribution in [-0.2, 0) is 0 Å². The van der Waals surface area contributed by atoms with Crippen LogP contribution in [0.25, 0.3) is 0 Å². The van der Waals surface area contributed by atoms with Crippen molar-refractivity contribution in [1.29, 1.82) is 0 Å². The fourth-order valence-corrected chi connectivity index (χ4v) is 1.64. The Hall–Kier alpha value is -1.17. The second-order valence-electron chi connectivity index (χ2n) is 3.96. The van der Waals surface area contributed by atoms with Gasteiger partial charge in [0.25, 0.3) is 0 Å². The summed E-state index contributed by atoms with van der Waals surface area (Å²) in [5, 5.41) is 7.05. The lowest BCUT2D eigenvalue weighted by Gasteiger charge is -2.15. The molecule has 18 heavy (non-hydrogen) atoms. The number of hydrogen-bond acceptors (Lipinski definition) is 6. The van der Waals surface area contributed by atoms with Crippen molar-refractivity contribution in [3.05, 3.63) is 6.33 Å². The molecule has 1 heterocycles. The molecule has 0 radical (unpaired) electrons. The molecule has 0 saturated carbocycles. The number of thioether (sulfide) groups is 1. The van der Waals surface area contributed by atoms with Crippen LogP contribution < -0.4 is 15.4 Å². The molecule has 1 aromatic heterocycles. The molecule has 1 unspecified atom stereocenters. The minimum absolute atomic E-state index is 0.525. The number of ether oxygens (including phenoxy) is 1. The van der Waals surface area contributed by atoms with Crippen molar-refractivity contribution in [3.8, 4) is 5.75 Å². The Morgan fingerprint density at radius 1 is 1.33 bits per heavy atom. The molecule has 0 bridgehead atoms. The minimum Gasteiger partial charge on any atom is -0.490 e. The number of rotatable bonds is 8. The lowest BCUT2D eigenvalue weighted by molar-refractivity contribution is 0.414. The summed E-state index contributed by atoms with van der Waals surface area (Å²) in [6, 6.07) is 0. The van der Waals surface area contributed by atoms with Crippen LogP contribution in [0.4, 0.5) is 11.6 Å². The minimum atomic E-state index is 0.525. The van der Waals surface area contributed by atoms with Crippen LogP contribution in [0.1, 0.15) is 20.3 Å². The molecule has 0 spiro atoms. The number of nitrogens with one attached hydrogen (secondary N) is 2. The maximum Gasteiger partial charge on any atom is 0.204 e. The van der Waals surface area contributed by atoms with E-state index in [9.17, 15) is 0 Å². The Balaban J connectivity index is 2.77. The molecule has 2 N–H and O–H groups in total. The lowest BCUT2D eigenvalue weighted by atomic mass is 10.4. The number of aromatic nitrogens is 2. The van der Waals surface area contributed by atoms with Crippen molar-refractivity contribution >= 4 is 23.4 Å². The van der Waals surface area contributed by atoms with Gasteiger partial charge < -0.3 is 15.4 Å². The first-order valence-electron chi connectivity index (χ1n) is 6.12. The van der Waals surface area contributed by atoms with Gasteiger partial charge in [-0.1, -0.05) is 13.8 Å². The first-order valence-corrected chi connectivity index (χ1v) is 7.41. The highest BCUT2D eigenvalue weighted by molar-refractivity contribution is 7.99. The van der Waals surface area contributed by atoms with Gasteiger partial charge in [0.1, 0.15) is 6.33 Å². The molecule has 6 heteroatoms. The summed E-state index contributed by atoms with van der Waals surface area (Å²) in [5.41, 5.74) is 0.